The molecule has 0 atom stereocenters. The van der Waals surface area contributed by atoms with E-state index >= 15 is 0 Å². The number of aromatic nitrogens is 5. The Kier molecular flexibility index (Phi) is 2.74. The molecule has 7 heteroatoms. The van der Waals surface area contributed by atoms with Crippen LogP contribution in [0.5, 0.6) is 0 Å². The molecule has 0 amide bonds. The number of rotatable bonds is 2. The first-order valence-corrected chi connectivity index (χ1v) is 6.26. The standard InChI is InChI=1S/C13H13N5O2/c1-3-18-11-9(12(19)17-13(18)20)15-10(16-11)8-5-4-6-14-7(8)2/h4-6H,3H2,1-2H3,(H,15,16)(H,17,19,20). The summed E-state index contributed by atoms with van der Waals surface area (Å²) in [5.74, 6) is 0.531. The number of aryl methyl sites for hydroxylation is 2. The van der Waals surface area contributed by atoms with E-state index in [9.17, 15) is 9.59 Å². The SMILES string of the molecule is CCn1c(=O)[nH]c(=O)c2[nH]c(-c3cccnc3C)nc21. The van der Waals surface area contributed by atoms with Crippen LogP contribution in [0.3, 0.4) is 0 Å². The van der Waals surface area contributed by atoms with Gasteiger partial charge >= 0.3 is 5.69 Å². The van der Waals surface area contributed by atoms with Crippen molar-refractivity contribution in [3.8, 4) is 11.4 Å². The minimum atomic E-state index is -0.463. The maximum atomic E-state index is 11.8. The minimum Gasteiger partial charge on any atom is -0.332 e. The lowest BCUT2D eigenvalue weighted by molar-refractivity contribution is 0.720. The molecule has 0 unspecified atom stereocenters. The molecular formula is C13H13N5O2. The van der Waals surface area contributed by atoms with Gasteiger partial charge in [-0.1, -0.05) is 0 Å². The van der Waals surface area contributed by atoms with Crippen molar-refractivity contribution in [1.29, 1.82) is 0 Å². The summed E-state index contributed by atoms with van der Waals surface area (Å²) >= 11 is 0. The molecule has 0 aliphatic heterocycles. The molecule has 102 valence electrons. The normalized spacial score (nSPS) is 11.1. The molecule has 20 heavy (non-hydrogen) atoms. The molecule has 3 aromatic heterocycles. The van der Waals surface area contributed by atoms with E-state index in [0.29, 0.717) is 23.5 Å². The van der Waals surface area contributed by atoms with E-state index in [-0.39, 0.29) is 0 Å². The third kappa shape index (κ3) is 1.75. The fraction of sp³-hybridized carbons (Fsp3) is 0.231. The lowest BCUT2D eigenvalue weighted by atomic mass is 10.2. The number of H-pyrrole nitrogens is 2. The van der Waals surface area contributed by atoms with Crippen molar-refractivity contribution in [2.45, 2.75) is 20.4 Å². The van der Waals surface area contributed by atoms with E-state index in [2.05, 4.69) is 19.9 Å². The molecule has 0 fully saturated rings. The monoisotopic (exact) mass is 271 g/mol. The van der Waals surface area contributed by atoms with E-state index in [1.165, 1.54) is 4.57 Å². The van der Waals surface area contributed by atoms with E-state index in [4.69, 9.17) is 0 Å². The Hall–Kier alpha value is -2.70. The van der Waals surface area contributed by atoms with Gasteiger partial charge in [0.15, 0.2) is 5.65 Å². The summed E-state index contributed by atoms with van der Waals surface area (Å²) in [5.41, 5.74) is 1.34. The van der Waals surface area contributed by atoms with Gasteiger partial charge in [0.1, 0.15) is 11.3 Å². The molecule has 3 heterocycles. The molecule has 7 nitrogen and oxygen atoms in total. The predicted molar refractivity (Wildman–Crippen MR) is 74.6 cm³/mol. The Labute approximate surface area is 113 Å². The van der Waals surface area contributed by atoms with E-state index in [1.54, 1.807) is 12.3 Å². The number of imidazole rings is 1. The number of hydrogen-bond donors (Lipinski definition) is 2. The van der Waals surface area contributed by atoms with Crippen LogP contribution >= 0.6 is 0 Å². The van der Waals surface area contributed by atoms with Gasteiger partial charge < -0.3 is 4.98 Å². The summed E-state index contributed by atoms with van der Waals surface area (Å²) in [6.07, 6.45) is 1.69. The van der Waals surface area contributed by atoms with Crippen molar-refractivity contribution in [1.82, 2.24) is 24.5 Å². The highest BCUT2D eigenvalue weighted by Crippen LogP contribution is 2.20. The van der Waals surface area contributed by atoms with Crippen molar-refractivity contribution in [2.75, 3.05) is 0 Å². The summed E-state index contributed by atoms with van der Waals surface area (Å²) in [5, 5.41) is 0. The fourth-order valence-electron chi connectivity index (χ4n) is 2.20. The lowest BCUT2D eigenvalue weighted by Gasteiger charge is -2.00. The molecular weight excluding hydrogens is 258 g/mol. The molecule has 0 saturated heterocycles. The third-order valence-electron chi connectivity index (χ3n) is 3.21. The van der Waals surface area contributed by atoms with Gasteiger partial charge in [-0.3, -0.25) is 19.3 Å². The summed E-state index contributed by atoms with van der Waals surface area (Å²) in [4.78, 5) is 37.4. The molecule has 3 rings (SSSR count). The van der Waals surface area contributed by atoms with Crippen LogP contribution in [0.25, 0.3) is 22.6 Å². The number of fused-ring (bicyclic) bond motifs is 1. The highest BCUT2D eigenvalue weighted by Gasteiger charge is 2.14. The predicted octanol–water partition coefficient (Wildman–Crippen LogP) is 0.803. The Balaban J connectivity index is 2.37. The smallest absolute Gasteiger partial charge is 0.330 e. The van der Waals surface area contributed by atoms with Crippen LogP contribution in [0, 0.1) is 6.92 Å². The van der Waals surface area contributed by atoms with Gasteiger partial charge in [0.05, 0.1) is 0 Å². The molecule has 0 bridgehead atoms. The van der Waals surface area contributed by atoms with Crippen LogP contribution in [-0.4, -0.2) is 24.5 Å². The van der Waals surface area contributed by atoms with Gasteiger partial charge in [0, 0.05) is 24.0 Å². The van der Waals surface area contributed by atoms with Crippen LogP contribution in [0.2, 0.25) is 0 Å². The summed E-state index contributed by atoms with van der Waals surface area (Å²) in [6.45, 7) is 4.12. The zero-order valence-electron chi connectivity index (χ0n) is 11.1. The number of nitrogens with one attached hydrogen (secondary N) is 2. The van der Waals surface area contributed by atoms with Crippen LogP contribution in [0.15, 0.2) is 27.9 Å². The van der Waals surface area contributed by atoms with Crippen LogP contribution in [-0.2, 0) is 6.54 Å². The highest BCUT2D eigenvalue weighted by atomic mass is 16.2. The first-order valence-electron chi connectivity index (χ1n) is 6.26. The minimum absolute atomic E-state index is 0.296. The lowest BCUT2D eigenvalue weighted by Crippen LogP contribution is -2.29. The Morgan fingerprint density at radius 2 is 2.10 bits per heavy atom. The van der Waals surface area contributed by atoms with Crippen molar-refractivity contribution < 1.29 is 0 Å². The largest absolute Gasteiger partial charge is 0.332 e. The first kappa shape index (κ1) is 12.3. The van der Waals surface area contributed by atoms with Gasteiger partial charge in [0.2, 0.25) is 0 Å². The Morgan fingerprint density at radius 1 is 1.30 bits per heavy atom. The first-order chi connectivity index (χ1) is 9.61. The van der Waals surface area contributed by atoms with E-state index in [1.807, 2.05) is 19.9 Å². The van der Waals surface area contributed by atoms with Gasteiger partial charge in [-0.15, -0.1) is 0 Å². The van der Waals surface area contributed by atoms with E-state index < -0.39 is 11.2 Å². The fourth-order valence-corrected chi connectivity index (χ4v) is 2.20. The maximum absolute atomic E-state index is 11.8. The number of hydrogen-bond acceptors (Lipinski definition) is 4. The van der Waals surface area contributed by atoms with Gasteiger partial charge in [-0.2, -0.15) is 0 Å². The van der Waals surface area contributed by atoms with Crippen LogP contribution < -0.4 is 11.2 Å². The second kappa shape index (κ2) is 4.44. The van der Waals surface area contributed by atoms with Gasteiger partial charge in [0.25, 0.3) is 5.56 Å². The summed E-state index contributed by atoms with van der Waals surface area (Å²) in [6, 6.07) is 3.66. The van der Waals surface area contributed by atoms with Crippen LogP contribution in [0.1, 0.15) is 12.6 Å². The number of pyridine rings is 1. The van der Waals surface area contributed by atoms with Crippen molar-refractivity contribution >= 4 is 11.2 Å². The quantitative estimate of drug-likeness (QED) is 0.720. The zero-order chi connectivity index (χ0) is 14.3. The van der Waals surface area contributed by atoms with Crippen molar-refractivity contribution in [2.24, 2.45) is 0 Å². The average Bonchev–Trinajstić information content (AvgIpc) is 2.85. The van der Waals surface area contributed by atoms with Crippen LogP contribution in [0.4, 0.5) is 0 Å². The summed E-state index contributed by atoms with van der Waals surface area (Å²) < 4.78 is 1.42. The molecule has 0 saturated carbocycles. The second-order valence-corrected chi connectivity index (χ2v) is 4.42. The Bertz CT molecular complexity index is 903. The zero-order valence-corrected chi connectivity index (χ0v) is 11.1. The topological polar surface area (TPSA) is 96.4 Å². The molecule has 3 aromatic rings. The number of aromatic amines is 2. The van der Waals surface area contributed by atoms with Gasteiger partial charge in [-0.05, 0) is 26.0 Å². The Morgan fingerprint density at radius 3 is 2.80 bits per heavy atom. The highest BCUT2D eigenvalue weighted by molar-refractivity contribution is 5.75. The van der Waals surface area contributed by atoms with Crippen molar-refractivity contribution in [3.63, 3.8) is 0 Å². The molecule has 0 aliphatic carbocycles. The van der Waals surface area contributed by atoms with Gasteiger partial charge in [-0.25, -0.2) is 9.78 Å². The molecule has 0 aliphatic rings. The number of nitrogens with zero attached hydrogens (tertiary/aromatic N) is 3. The molecule has 2 N–H and O–H groups in total. The maximum Gasteiger partial charge on any atom is 0.330 e. The molecule has 0 spiro atoms. The summed E-state index contributed by atoms with van der Waals surface area (Å²) in [7, 11) is 0. The molecule has 0 radical (unpaired) electrons. The molecule has 0 aromatic carbocycles. The third-order valence-corrected chi connectivity index (χ3v) is 3.21. The van der Waals surface area contributed by atoms with Crippen molar-refractivity contribution in [3.05, 3.63) is 44.9 Å². The second-order valence-electron chi connectivity index (χ2n) is 4.42. The van der Waals surface area contributed by atoms with E-state index in [0.717, 1.165) is 11.3 Å². The average molecular weight is 271 g/mol.